The number of benzene rings is 1. The molecule has 29 heavy (non-hydrogen) atoms. The molecule has 1 aliphatic rings. The molecule has 0 aliphatic heterocycles. The number of aromatic amines is 1. The number of nitrogens with one attached hydrogen (secondary N) is 1. The summed E-state index contributed by atoms with van der Waals surface area (Å²) in [5, 5.41) is 6.85. The maximum Gasteiger partial charge on any atom is 0.206 e. The maximum atomic E-state index is 5.63. The van der Waals surface area contributed by atoms with E-state index in [1.54, 1.807) is 25.6 Å². The Kier molecular flexibility index (Phi) is 6.14. The molecule has 0 amide bonds. The van der Waals surface area contributed by atoms with Gasteiger partial charge >= 0.3 is 0 Å². The van der Waals surface area contributed by atoms with Gasteiger partial charge in [0.1, 0.15) is 11.5 Å². The van der Waals surface area contributed by atoms with Gasteiger partial charge in [-0.05, 0) is 37.1 Å². The summed E-state index contributed by atoms with van der Waals surface area (Å²) in [5.74, 6) is 1.50. The Bertz CT molecular complexity index is 1030. The zero-order valence-corrected chi connectivity index (χ0v) is 17.6. The average Bonchev–Trinajstić information content (AvgIpc) is 3.42. The van der Waals surface area contributed by atoms with E-state index in [1.165, 1.54) is 19.3 Å². The van der Waals surface area contributed by atoms with Crippen LogP contribution in [0.15, 0.2) is 52.0 Å². The predicted molar refractivity (Wildman–Crippen MR) is 117 cm³/mol. The summed E-state index contributed by atoms with van der Waals surface area (Å²) in [4.78, 5) is 9.12. The number of hydrogen-bond donors (Lipinski definition) is 1. The van der Waals surface area contributed by atoms with Gasteiger partial charge in [0, 0.05) is 23.2 Å². The second kappa shape index (κ2) is 9.13. The lowest BCUT2D eigenvalue weighted by molar-refractivity contribution is 0.395. The normalized spacial score (nSPS) is 15.9. The number of aromatic nitrogens is 2. The Hall–Kier alpha value is -2.80. The molecule has 0 atom stereocenters. The number of ether oxygens (including phenoxy) is 2. The van der Waals surface area contributed by atoms with Gasteiger partial charge in [-0.15, -0.1) is 11.3 Å². The summed E-state index contributed by atoms with van der Waals surface area (Å²) in [7, 11) is 3.32. The Morgan fingerprint density at radius 2 is 2.00 bits per heavy atom. The van der Waals surface area contributed by atoms with Gasteiger partial charge in [0.25, 0.3) is 0 Å². The van der Waals surface area contributed by atoms with E-state index in [2.05, 4.69) is 10.4 Å². The Balaban J connectivity index is 1.80. The molecule has 0 saturated heterocycles. The van der Waals surface area contributed by atoms with Crippen molar-refractivity contribution in [2.45, 2.75) is 38.1 Å². The van der Waals surface area contributed by atoms with Crippen LogP contribution in [0.5, 0.6) is 11.5 Å². The van der Waals surface area contributed by atoms with Crippen molar-refractivity contribution in [1.82, 2.24) is 9.66 Å². The molecular weight excluding hydrogens is 384 g/mol. The highest BCUT2D eigenvalue weighted by atomic mass is 32.1. The standard InChI is InChI=1S/C22H26N4O2S/c1-27-18-10-11-19(21(13-18)28-2)20-15-29-22(25-16-7-4-3-5-8-16)26(20)24-14-17-9-6-12-23-17/h6,9-16,23H,3-5,7-8H2,1-2H3. The smallest absolute Gasteiger partial charge is 0.206 e. The molecular formula is C22H26N4O2S. The second-order valence-corrected chi connectivity index (χ2v) is 7.91. The number of rotatable bonds is 6. The molecule has 1 saturated carbocycles. The highest BCUT2D eigenvalue weighted by Crippen LogP contribution is 2.33. The van der Waals surface area contributed by atoms with Gasteiger partial charge in [-0.2, -0.15) is 5.10 Å². The molecule has 2 aromatic heterocycles. The fourth-order valence-corrected chi connectivity index (χ4v) is 4.51. The van der Waals surface area contributed by atoms with Gasteiger partial charge < -0.3 is 14.5 Å². The quantitative estimate of drug-likeness (QED) is 0.600. The second-order valence-electron chi connectivity index (χ2n) is 7.07. The fraction of sp³-hybridized carbons (Fsp3) is 0.364. The molecule has 6 nitrogen and oxygen atoms in total. The van der Waals surface area contributed by atoms with Crippen LogP contribution in [0.3, 0.4) is 0 Å². The van der Waals surface area contributed by atoms with E-state index >= 15 is 0 Å². The molecule has 0 bridgehead atoms. The van der Waals surface area contributed by atoms with Crippen molar-refractivity contribution >= 4 is 17.6 Å². The van der Waals surface area contributed by atoms with Crippen LogP contribution < -0.4 is 14.3 Å². The fourth-order valence-electron chi connectivity index (χ4n) is 3.61. The van der Waals surface area contributed by atoms with Crippen molar-refractivity contribution in [3.8, 4) is 22.8 Å². The Morgan fingerprint density at radius 3 is 2.72 bits per heavy atom. The minimum Gasteiger partial charge on any atom is -0.497 e. The third-order valence-corrected chi connectivity index (χ3v) is 6.00. The lowest BCUT2D eigenvalue weighted by Gasteiger charge is -2.17. The topological polar surface area (TPSA) is 63.9 Å². The third kappa shape index (κ3) is 4.45. The first-order valence-corrected chi connectivity index (χ1v) is 10.8. The molecule has 1 fully saturated rings. The Morgan fingerprint density at radius 1 is 1.14 bits per heavy atom. The third-order valence-electron chi connectivity index (χ3n) is 5.17. The predicted octanol–water partition coefficient (Wildman–Crippen LogP) is 4.68. The first-order valence-electron chi connectivity index (χ1n) is 9.93. The number of methoxy groups -OCH3 is 2. The first-order chi connectivity index (χ1) is 14.3. The van der Waals surface area contributed by atoms with Crippen LogP contribution in [-0.2, 0) is 0 Å². The minimum absolute atomic E-state index is 0.375. The molecule has 0 spiro atoms. The summed E-state index contributed by atoms with van der Waals surface area (Å²) in [6.45, 7) is 0. The van der Waals surface area contributed by atoms with E-state index in [-0.39, 0.29) is 0 Å². The number of thiazole rings is 1. The van der Waals surface area contributed by atoms with Gasteiger partial charge in [-0.1, -0.05) is 19.3 Å². The molecule has 0 radical (unpaired) electrons. The van der Waals surface area contributed by atoms with Crippen molar-refractivity contribution in [2.75, 3.05) is 14.2 Å². The maximum absolute atomic E-state index is 5.63. The summed E-state index contributed by atoms with van der Waals surface area (Å²) in [6.07, 6.45) is 9.84. The van der Waals surface area contributed by atoms with Gasteiger partial charge in [-0.3, -0.25) is 4.99 Å². The van der Waals surface area contributed by atoms with Crippen LogP contribution in [0.4, 0.5) is 0 Å². The van der Waals surface area contributed by atoms with E-state index in [0.717, 1.165) is 46.1 Å². The minimum atomic E-state index is 0.375. The monoisotopic (exact) mass is 410 g/mol. The van der Waals surface area contributed by atoms with Crippen molar-refractivity contribution in [3.63, 3.8) is 0 Å². The molecule has 2 heterocycles. The summed E-state index contributed by atoms with van der Waals surface area (Å²) in [5.41, 5.74) is 2.85. The zero-order chi connectivity index (χ0) is 20.1. The zero-order valence-electron chi connectivity index (χ0n) is 16.8. The number of nitrogens with zero attached hydrogens (tertiary/aromatic N) is 3. The number of hydrogen-bond acceptors (Lipinski definition) is 5. The van der Waals surface area contributed by atoms with Crippen LogP contribution in [-0.4, -0.2) is 36.1 Å². The Labute approximate surface area is 174 Å². The summed E-state index contributed by atoms with van der Waals surface area (Å²) >= 11 is 1.62. The number of H-pyrrole nitrogens is 1. The average molecular weight is 411 g/mol. The summed E-state index contributed by atoms with van der Waals surface area (Å²) in [6, 6.07) is 10.2. The highest BCUT2D eigenvalue weighted by molar-refractivity contribution is 7.07. The van der Waals surface area contributed by atoms with Crippen LogP contribution in [0, 0.1) is 0 Å². The molecule has 4 rings (SSSR count). The molecule has 3 aromatic rings. The van der Waals surface area contributed by atoms with Crippen molar-refractivity contribution < 1.29 is 9.47 Å². The lowest BCUT2D eigenvalue weighted by Crippen LogP contribution is -2.19. The molecule has 152 valence electrons. The van der Waals surface area contributed by atoms with Gasteiger partial charge in [0.05, 0.1) is 37.9 Å². The van der Waals surface area contributed by atoms with E-state index in [9.17, 15) is 0 Å². The van der Waals surface area contributed by atoms with Crippen LogP contribution in [0.1, 0.15) is 37.8 Å². The largest absolute Gasteiger partial charge is 0.497 e. The van der Waals surface area contributed by atoms with E-state index < -0.39 is 0 Å². The van der Waals surface area contributed by atoms with E-state index in [4.69, 9.17) is 19.6 Å². The molecule has 1 N–H and O–H groups in total. The molecule has 1 aromatic carbocycles. The van der Waals surface area contributed by atoms with E-state index in [0.29, 0.717) is 6.04 Å². The summed E-state index contributed by atoms with van der Waals surface area (Å²) < 4.78 is 12.9. The van der Waals surface area contributed by atoms with Crippen molar-refractivity contribution in [1.29, 1.82) is 0 Å². The SMILES string of the molecule is COc1ccc(-c2csc(=NC3CCCCC3)n2N=Cc2ccc[nH]2)c(OC)c1. The van der Waals surface area contributed by atoms with E-state index in [1.807, 2.05) is 47.4 Å². The lowest BCUT2D eigenvalue weighted by atomic mass is 9.96. The first kappa shape index (κ1) is 19.5. The molecule has 1 aliphatic carbocycles. The highest BCUT2D eigenvalue weighted by Gasteiger charge is 2.16. The molecule has 0 unspecified atom stereocenters. The van der Waals surface area contributed by atoms with Gasteiger partial charge in [0.15, 0.2) is 0 Å². The van der Waals surface area contributed by atoms with Gasteiger partial charge in [0.2, 0.25) is 4.80 Å². The molecule has 7 heteroatoms. The van der Waals surface area contributed by atoms with Crippen LogP contribution >= 0.6 is 11.3 Å². The van der Waals surface area contributed by atoms with Crippen LogP contribution in [0.25, 0.3) is 11.3 Å². The van der Waals surface area contributed by atoms with Gasteiger partial charge in [-0.25, -0.2) is 4.68 Å². The van der Waals surface area contributed by atoms with Crippen molar-refractivity contribution in [3.05, 3.63) is 52.4 Å². The van der Waals surface area contributed by atoms with Crippen molar-refractivity contribution in [2.24, 2.45) is 10.1 Å². The van der Waals surface area contributed by atoms with Crippen LogP contribution in [0.2, 0.25) is 0 Å².